The number of carbonyl (C=O) groups excluding carboxylic acids is 2. The summed E-state index contributed by atoms with van der Waals surface area (Å²) in [5.74, 6) is -3.68. The van der Waals surface area contributed by atoms with E-state index in [9.17, 15) is 28.0 Å². The Kier molecular flexibility index (Phi) is 7.59. The summed E-state index contributed by atoms with van der Waals surface area (Å²) in [5, 5.41) is 10.0. The van der Waals surface area contributed by atoms with Gasteiger partial charge in [-0.3, -0.25) is 4.90 Å². The van der Waals surface area contributed by atoms with E-state index in [4.69, 9.17) is 15.2 Å². The second kappa shape index (κ2) is 10.3. The summed E-state index contributed by atoms with van der Waals surface area (Å²) < 4.78 is 52.0. The van der Waals surface area contributed by atoms with Crippen LogP contribution in [0.2, 0.25) is 0 Å². The maximum absolute atomic E-state index is 13.0. The molecular formula is C23H17F3IN3O5. The van der Waals surface area contributed by atoms with Crippen LogP contribution >= 0.6 is 22.6 Å². The molecule has 0 radical (unpaired) electrons. The van der Waals surface area contributed by atoms with E-state index in [2.05, 4.69) is 4.74 Å². The van der Waals surface area contributed by atoms with Crippen LogP contribution in [0.5, 0.6) is 5.75 Å². The summed E-state index contributed by atoms with van der Waals surface area (Å²) in [4.78, 5) is 27.1. The third-order valence-electron chi connectivity index (χ3n) is 5.00. The van der Waals surface area contributed by atoms with Crippen LogP contribution in [0.15, 0.2) is 71.2 Å². The van der Waals surface area contributed by atoms with Crippen LogP contribution in [0, 0.1) is 14.9 Å². The Balaban J connectivity index is 2.34. The van der Waals surface area contributed by atoms with Gasteiger partial charge in [0.2, 0.25) is 0 Å². The van der Waals surface area contributed by atoms with Gasteiger partial charge in [-0.25, -0.2) is 9.59 Å². The number of hydrogen-bond donors (Lipinski definition) is 1. The summed E-state index contributed by atoms with van der Waals surface area (Å²) in [5.41, 5.74) is 6.32. The molecule has 182 valence electrons. The van der Waals surface area contributed by atoms with Crippen LogP contribution in [0.1, 0.15) is 11.5 Å². The van der Waals surface area contributed by atoms with Gasteiger partial charge >= 0.3 is 18.3 Å². The zero-order chi connectivity index (χ0) is 25.9. The Morgan fingerprint density at radius 2 is 1.71 bits per heavy atom. The Morgan fingerprint density at radius 3 is 2.23 bits per heavy atom. The minimum absolute atomic E-state index is 0.0735. The van der Waals surface area contributed by atoms with Crippen molar-refractivity contribution in [2.75, 3.05) is 19.1 Å². The van der Waals surface area contributed by atoms with Gasteiger partial charge in [0.05, 0.1) is 43.0 Å². The summed E-state index contributed by atoms with van der Waals surface area (Å²) in [6.07, 6.45) is -4.92. The zero-order valence-corrected chi connectivity index (χ0v) is 20.4. The van der Waals surface area contributed by atoms with Crippen molar-refractivity contribution in [2.24, 2.45) is 5.73 Å². The lowest BCUT2D eigenvalue weighted by Gasteiger charge is -2.36. The van der Waals surface area contributed by atoms with E-state index in [1.54, 1.807) is 52.9 Å². The number of rotatable bonds is 5. The quantitative estimate of drug-likeness (QED) is 0.404. The number of methoxy groups -OCH3 is 2. The first-order valence-electron chi connectivity index (χ1n) is 9.75. The van der Waals surface area contributed by atoms with E-state index in [-0.39, 0.29) is 31.9 Å². The zero-order valence-electron chi connectivity index (χ0n) is 18.2. The lowest BCUT2D eigenvalue weighted by atomic mass is 9.81. The predicted octanol–water partition coefficient (Wildman–Crippen LogP) is 4.09. The highest BCUT2D eigenvalue weighted by Crippen LogP contribution is 2.44. The van der Waals surface area contributed by atoms with Gasteiger partial charge in [-0.2, -0.15) is 5.26 Å². The average Bonchev–Trinajstić information content (AvgIpc) is 2.82. The highest BCUT2D eigenvalue weighted by molar-refractivity contribution is 14.1. The number of benzene rings is 2. The maximum atomic E-state index is 13.0. The fraction of sp³-hybridized carbons (Fsp3) is 0.174. The number of nitrogens with zero attached hydrogens (tertiary/aromatic N) is 2. The van der Waals surface area contributed by atoms with Crippen molar-refractivity contribution in [1.29, 1.82) is 5.26 Å². The minimum Gasteiger partial charge on any atom is -0.466 e. The van der Waals surface area contributed by atoms with E-state index < -0.39 is 30.0 Å². The average molecular weight is 599 g/mol. The first kappa shape index (κ1) is 25.9. The van der Waals surface area contributed by atoms with Crippen molar-refractivity contribution in [3.63, 3.8) is 0 Å². The van der Waals surface area contributed by atoms with E-state index in [1.807, 2.05) is 6.07 Å². The number of nitriles is 1. The molecule has 2 aromatic rings. The van der Waals surface area contributed by atoms with Crippen LogP contribution in [0.4, 0.5) is 18.9 Å². The fourth-order valence-electron chi connectivity index (χ4n) is 3.63. The van der Waals surface area contributed by atoms with E-state index in [0.29, 0.717) is 5.56 Å². The Hall–Kier alpha value is -3.73. The summed E-state index contributed by atoms with van der Waals surface area (Å²) in [6.45, 7) is 0. The number of hydrogen-bond acceptors (Lipinski definition) is 8. The van der Waals surface area contributed by atoms with Crippen LogP contribution < -0.4 is 15.4 Å². The number of alkyl halides is 3. The Morgan fingerprint density at radius 1 is 1.09 bits per heavy atom. The van der Waals surface area contributed by atoms with Gasteiger partial charge in [0.1, 0.15) is 17.3 Å². The Bertz CT molecular complexity index is 1270. The molecule has 2 aromatic carbocycles. The number of halogens is 4. The number of esters is 2. The van der Waals surface area contributed by atoms with Crippen molar-refractivity contribution in [3.8, 4) is 11.8 Å². The number of ether oxygens (including phenoxy) is 3. The molecule has 0 saturated carbocycles. The van der Waals surface area contributed by atoms with Gasteiger partial charge in [0.25, 0.3) is 0 Å². The first-order valence-corrected chi connectivity index (χ1v) is 10.8. The van der Waals surface area contributed by atoms with Crippen LogP contribution in [0.3, 0.4) is 0 Å². The van der Waals surface area contributed by atoms with Crippen molar-refractivity contribution in [3.05, 3.63) is 80.3 Å². The molecule has 0 aliphatic carbocycles. The monoisotopic (exact) mass is 599 g/mol. The van der Waals surface area contributed by atoms with Gasteiger partial charge < -0.3 is 19.9 Å². The topological polar surface area (TPSA) is 115 Å². The van der Waals surface area contributed by atoms with Crippen molar-refractivity contribution in [2.45, 2.75) is 12.3 Å². The molecule has 12 heteroatoms. The molecule has 0 fully saturated rings. The second-order valence-corrected chi connectivity index (χ2v) is 8.16. The van der Waals surface area contributed by atoms with Crippen molar-refractivity contribution < 1.29 is 37.0 Å². The number of allylic oxidation sites excluding steroid dienone is 1. The standard InChI is InChI=1S/C23H17F3IN3O5/c1-33-21(31)18-17(12-6-4-3-5-7-12)14(11-28)20(29)30(19(18)22(32)34-2)16-9-8-13(10-15(16)27)35-23(24,25)26/h3-10,17H,29H2,1-2H3. The van der Waals surface area contributed by atoms with Gasteiger partial charge in [-0.05, 0) is 46.4 Å². The molecule has 0 spiro atoms. The van der Waals surface area contributed by atoms with Crippen LogP contribution in [-0.4, -0.2) is 32.5 Å². The van der Waals surface area contributed by atoms with E-state index >= 15 is 0 Å². The van der Waals surface area contributed by atoms with Crippen LogP contribution in [0.25, 0.3) is 0 Å². The largest absolute Gasteiger partial charge is 0.573 e. The van der Waals surface area contributed by atoms with E-state index in [0.717, 1.165) is 31.3 Å². The SMILES string of the molecule is COC(=O)C1=C(C(=O)OC)N(c2ccc(OC(F)(F)F)cc2I)C(N)=C(C#N)C1c1ccccc1. The lowest BCUT2D eigenvalue weighted by molar-refractivity contribution is -0.274. The summed E-state index contributed by atoms with van der Waals surface area (Å²) in [7, 11) is 2.20. The van der Waals surface area contributed by atoms with Crippen molar-refractivity contribution >= 4 is 40.2 Å². The van der Waals surface area contributed by atoms with Crippen molar-refractivity contribution in [1.82, 2.24) is 0 Å². The molecule has 8 nitrogen and oxygen atoms in total. The smallest absolute Gasteiger partial charge is 0.466 e. The molecule has 2 N–H and O–H groups in total. The molecule has 0 amide bonds. The fourth-order valence-corrected chi connectivity index (χ4v) is 4.36. The third kappa shape index (κ3) is 5.19. The molecule has 0 bridgehead atoms. The van der Waals surface area contributed by atoms with Crippen LogP contribution in [-0.2, 0) is 19.1 Å². The van der Waals surface area contributed by atoms with Gasteiger partial charge in [-0.1, -0.05) is 30.3 Å². The molecule has 1 heterocycles. The first-order chi connectivity index (χ1) is 16.5. The van der Waals surface area contributed by atoms with E-state index in [1.165, 1.54) is 6.07 Å². The molecule has 35 heavy (non-hydrogen) atoms. The lowest BCUT2D eigenvalue weighted by Crippen LogP contribution is -2.41. The Labute approximate surface area is 211 Å². The second-order valence-electron chi connectivity index (χ2n) is 7.00. The van der Waals surface area contributed by atoms with Gasteiger partial charge in [0.15, 0.2) is 0 Å². The molecule has 1 unspecified atom stereocenters. The number of anilines is 1. The molecule has 0 aromatic heterocycles. The number of nitrogens with two attached hydrogens (primary N) is 1. The molecule has 1 aliphatic rings. The third-order valence-corrected chi connectivity index (χ3v) is 5.87. The number of carbonyl (C=O) groups is 2. The molecule has 1 aliphatic heterocycles. The minimum atomic E-state index is -4.92. The molecule has 0 saturated heterocycles. The normalized spacial score (nSPS) is 16.0. The molecule has 3 rings (SSSR count). The predicted molar refractivity (Wildman–Crippen MR) is 125 cm³/mol. The highest BCUT2D eigenvalue weighted by Gasteiger charge is 2.43. The van der Waals surface area contributed by atoms with Gasteiger partial charge in [-0.15, -0.1) is 13.2 Å². The highest BCUT2D eigenvalue weighted by atomic mass is 127. The summed E-state index contributed by atoms with van der Waals surface area (Å²) in [6, 6.07) is 13.7. The maximum Gasteiger partial charge on any atom is 0.573 e. The molecular weight excluding hydrogens is 582 g/mol. The summed E-state index contributed by atoms with van der Waals surface area (Å²) >= 11 is 1.72. The molecule has 1 atom stereocenters. The van der Waals surface area contributed by atoms with Gasteiger partial charge in [0, 0.05) is 3.57 Å².